The average Bonchev–Trinajstić information content (AvgIpc) is 2.33. The highest BCUT2D eigenvalue weighted by atomic mass is 32.2. The summed E-state index contributed by atoms with van der Waals surface area (Å²) in [5, 5.41) is 10.7. The van der Waals surface area contributed by atoms with Crippen LogP contribution in [0.25, 0.3) is 0 Å². The smallest absolute Gasteiger partial charge is 0.133 e. The van der Waals surface area contributed by atoms with E-state index in [2.05, 4.69) is 45.2 Å². The van der Waals surface area contributed by atoms with Gasteiger partial charge in [0.15, 0.2) is 0 Å². The van der Waals surface area contributed by atoms with E-state index in [4.69, 9.17) is 10.00 Å². The Hall–Kier alpha value is -1.14. The van der Waals surface area contributed by atoms with Crippen molar-refractivity contribution in [3.05, 3.63) is 28.8 Å². The zero-order chi connectivity index (χ0) is 14.3. The lowest BCUT2D eigenvalue weighted by Crippen LogP contribution is -2.08. The number of hydrogen-bond acceptors (Lipinski definition) is 3. The molecule has 0 fully saturated rings. The lowest BCUT2D eigenvalue weighted by molar-refractivity contribution is 0.267. The van der Waals surface area contributed by atoms with E-state index in [0.717, 1.165) is 31.0 Å². The Morgan fingerprint density at radius 3 is 2.68 bits per heavy atom. The number of thiocyanates is 1. The standard InChI is InChI=1S/C16H23NOS/c1-12(2)10-18-16-14(4)8-13(3)9-15(16)6-5-7-19-11-17/h8-9,12H,5-7,10H2,1-4H3. The molecule has 0 aromatic heterocycles. The van der Waals surface area contributed by atoms with Gasteiger partial charge in [-0.2, -0.15) is 5.26 Å². The largest absolute Gasteiger partial charge is 0.493 e. The van der Waals surface area contributed by atoms with E-state index in [1.165, 1.54) is 28.5 Å². The second-order valence-corrected chi connectivity index (χ2v) is 6.20. The highest BCUT2D eigenvalue weighted by molar-refractivity contribution is 8.03. The van der Waals surface area contributed by atoms with Gasteiger partial charge in [-0.25, -0.2) is 0 Å². The SMILES string of the molecule is Cc1cc(C)c(OCC(C)C)c(CCCSC#N)c1. The van der Waals surface area contributed by atoms with E-state index in [-0.39, 0.29) is 0 Å². The van der Waals surface area contributed by atoms with E-state index in [1.54, 1.807) is 0 Å². The zero-order valence-corrected chi connectivity index (χ0v) is 13.1. The Kier molecular flexibility index (Phi) is 6.80. The van der Waals surface area contributed by atoms with Crippen LogP contribution in [-0.2, 0) is 6.42 Å². The van der Waals surface area contributed by atoms with Gasteiger partial charge in [-0.15, -0.1) is 0 Å². The number of benzene rings is 1. The first-order valence-corrected chi connectivity index (χ1v) is 7.77. The molecule has 0 radical (unpaired) electrons. The van der Waals surface area contributed by atoms with Gasteiger partial charge in [0.05, 0.1) is 6.61 Å². The van der Waals surface area contributed by atoms with Crippen molar-refractivity contribution >= 4 is 11.8 Å². The molecule has 3 heteroatoms. The molecular formula is C16H23NOS. The van der Waals surface area contributed by atoms with Crippen molar-refractivity contribution < 1.29 is 4.74 Å². The average molecular weight is 277 g/mol. The Labute approximate surface area is 121 Å². The van der Waals surface area contributed by atoms with Crippen molar-refractivity contribution in [2.45, 2.75) is 40.5 Å². The van der Waals surface area contributed by atoms with Gasteiger partial charge >= 0.3 is 0 Å². The minimum Gasteiger partial charge on any atom is -0.493 e. The first kappa shape index (κ1) is 15.9. The number of thioether (sulfide) groups is 1. The molecule has 0 unspecified atom stereocenters. The lowest BCUT2D eigenvalue weighted by atomic mass is 10.0. The highest BCUT2D eigenvalue weighted by Crippen LogP contribution is 2.27. The molecule has 0 bridgehead atoms. The van der Waals surface area contributed by atoms with Crippen molar-refractivity contribution in [3.8, 4) is 11.2 Å². The fourth-order valence-corrected chi connectivity index (χ4v) is 2.44. The molecule has 0 heterocycles. The number of hydrogen-bond donors (Lipinski definition) is 0. The Morgan fingerprint density at radius 2 is 2.05 bits per heavy atom. The Balaban J connectivity index is 2.78. The lowest BCUT2D eigenvalue weighted by Gasteiger charge is -2.16. The molecule has 0 aliphatic carbocycles. The summed E-state index contributed by atoms with van der Waals surface area (Å²) in [6, 6.07) is 4.38. The van der Waals surface area contributed by atoms with Crippen LogP contribution >= 0.6 is 11.8 Å². The van der Waals surface area contributed by atoms with Gasteiger partial charge in [0.25, 0.3) is 0 Å². The quantitative estimate of drug-likeness (QED) is 0.544. The number of rotatable bonds is 7. The zero-order valence-electron chi connectivity index (χ0n) is 12.3. The number of nitrogens with zero attached hydrogens (tertiary/aromatic N) is 1. The summed E-state index contributed by atoms with van der Waals surface area (Å²) in [4.78, 5) is 0. The van der Waals surface area contributed by atoms with E-state index in [1.807, 2.05) is 0 Å². The van der Waals surface area contributed by atoms with Crippen LogP contribution in [0.3, 0.4) is 0 Å². The van der Waals surface area contributed by atoms with E-state index in [0.29, 0.717) is 5.92 Å². The van der Waals surface area contributed by atoms with Gasteiger partial charge < -0.3 is 4.74 Å². The maximum absolute atomic E-state index is 8.54. The molecule has 1 rings (SSSR count). The number of ether oxygens (including phenoxy) is 1. The molecule has 0 aliphatic heterocycles. The summed E-state index contributed by atoms with van der Waals surface area (Å²) in [5.74, 6) is 2.46. The monoisotopic (exact) mass is 277 g/mol. The van der Waals surface area contributed by atoms with E-state index in [9.17, 15) is 0 Å². The van der Waals surface area contributed by atoms with Crippen molar-refractivity contribution in [1.29, 1.82) is 5.26 Å². The predicted molar refractivity (Wildman–Crippen MR) is 82.6 cm³/mol. The van der Waals surface area contributed by atoms with Gasteiger partial charge in [-0.3, -0.25) is 0 Å². The Morgan fingerprint density at radius 1 is 1.32 bits per heavy atom. The second-order valence-electron chi connectivity index (χ2n) is 5.32. The Bertz CT molecular complexity index is 449. The van der Waals surface area contributed by atoms with Gasteiger partial charge in [0.2, 0.25) is 0 Å². The first-order valence-electron chi connectivity index (χ1n) is 6.78. The summed E-state index contributed by atoms with van der Waals surface area (Å²) in [6.45, 7) is 9.30. The van der Waals surface area contributed by atoms with Crippen molar-refractivity contribution in [3.63, 3.8) is 0 Å². The topological polar surface area (TPSA) is 33.0 Å². The third-order valence-electron chi connectivity index (χ3n) is 2.81. The molecule has 1 aromatic carbocycles. The second kappa shape index (κ2) is 8.12. The van der Waals surface area contributed by atoms with Crippen LogP contribution in [-0.4, -0.2) is 12.4 Å². The van der Waals surface area contributed by atoms with Crippen molar-refractivity contribution in [2.24, 2.45) is 5.92 Å². The van der Waals surface area contributed by atoms with E-state index >= 15 is 0 Å². The fraction of sp³-hybridized carbons (Fsp3) is 0.562. The van der Waals surface area contributed by atoms with Crippen LogP contribution in [0.4, 0.5) is 0 Å². The summed E-state index contributed by atoms with van der Waals surface area (Å²) < 4.78 is 5.97. The summed E-state index contributed by atoms with van der Waals surface area (Å²) in [5.41, 5.74) is 3.76. The summed E-state index contributed by atoms with van der Waals surface area (Å²) in [6.07, 6.45) is 1.99. The molecular weight excluding hydrogens is 254 g/mol. The molecule has 19 heavy (non-hydrogen) atoms. The van der Waals surface area contributed by atoms with Crippen LogP contribution in [0.2, 0.25) is 0 Å². The number of nitriles is 1. The molecule has 0 saturated heterocycles. The molecule has 1 aromatic rings. The summed E-state index contributed by atoms with van der Waals surface area (Å²) >= 11 is 1.32. The molecule has 0 atom stereocenters. The molecule has 104 valence electrons. The van der Waals surface area contributed by atoms with Crippen LogP contribution in [0.15, 0.2) is 12.1 Å². The fourth-order valence-electron chi connectivity index (χ4n) is 2.07. The third-order valence-corrected chi connectivity index (χ3v) is 3.44. The number of aryl methyl sites for hydroxylation is 3. The maximum Gasteiger partial charge on any atom is 0.133 e. The maximum atomic E-state index is 8.54. The van der Waals surface area contributed by atoms with Crippen molar-refractivity contribution in [2.75, 3.05) is 12.4 Å². The van der Waals surface area contributed by atoms with Gasteiger partial charge in [0, 0.05) is 5.75 Å². The molecule has 0 spiro atoms. The van der Waals surface area contributed by atoms with Crippen LogP contribution in [0.5, 0.6) is 5.75 Å². The highest BCUT2D eigenvalue weighted by Gasteiger charge is 2.09. The minimum absolute atomic E-state index is 0.530. The van der Waals surface area contributed by atoms with Crippen LogP contribution in [0, 0.1) is 30.4 Å². The molecule has 0 aliphatic rings. The predicted octanol–water partition coefficient (Wildman–Crippen LogP) is 4.49. The first-order chi connectivity index (χ1) is 9.04. The van der Waals surface area contributed by atoms with Crippen LogP contribution < -0.4 is 4.74 Å². The molecule has 2 nitrogen and oxygen atoms in total. The minimum atomic E-state index is 0.530. The third kappa shape index (κ3) is 5.57. The normalized spacial score (nSPS) is 10.5. The molecule has 0 saturated carbocycles. The molecule has 0 amide bonds. The van der Waals surface area contributed by atoms with Gasteiger partial charge in [0.1, 0.15) is 11.2 Å². The van der Waals surface area contributed by atoms with E-state index < -0.39 is 0 Å². The van der Waals surface area contributed by atoms with Gasteiger partial charge in [-0.1, -0.05) is 31.5 Å². The molecule has 0 N–H and O–H groups in total. The van der Waals surface area contributed by atoms with Crippen molar-refractivity contribution in [1.82, 2.24) is 0 Å². The van der Waals surface area contributed by atoms with Gasteiger partial charge in [-0.05, 0) is 55.5 Å². The van der Waals surface area contributed by atoms with Crippen LogP contribution in [0.1, 0.15) is 37.0 Å². The summed E-state index contributed by atoms with van der Waals surface area (Å²) in [7, 11) is 0.